The van der Waals surface area contributed by atoms with Crippen LogP contribution in [0.25, 0.3) is 0 Å². The third-order valence-electron chi connectivity index (χ3n) is 2.85. The van der Waals surface area contributed by atoms with Gasteiger partial charge < -0.3 is 15.8 Å². The van der Waals surface area contributed by atoms with Crippen LogP contribution < -0.4 is 15.8 Å². The predicted octanol–water partition coefficient (Wildman–Crippen LogP) is 2.94. The number of nitrogens with zero attached hydrogens (tertiary/aromatic N) is 1. The zero-order valence-corrected chi connectivity index (χ0v) is 12.0. The topological polar surface area (TPSA) is 60.2 Å². The van der Waals surface area contributed by atoms with Crippen molar-refractivity contribution in [3.05, 3.63) is 53.7 Å². The van der Waals surface area contributed by atoms with Crippen LogP contribution in [0, 0.1) is 0 Å². The normalized spacial score (nSPS) is 10.6. The standard InChI is InChI=1S/C16H21N3O/c1-12(2)20-15-4-3-9-18-16(15)19-11-14-7-5-13(10-17)6-8-14/h3-9,12H,10-11,17H2,1-2H3,(H,18,19). The lowest BCUT2D eigenvalue weighted by molar-refractivity contribution is 0.243. The van der Waals surface area contributed by atoms with Crippen molar-refractivity contribution in [1.82, 2.24) is 4.98 Å². The second-order valence-electron chi connectivity index (χ2n) is 4.89. The molecule has 4 heteroatoms. The minimum absolute atomic E-state index is 0.128. The molecular weight excluding hydrogens is 250 g/mol. The van der Waals surface area contributed by atoms with E-state index in [0.29, 0.717) is 13.1 Å². The quantitative estimate of drug-likeness (QED) is 0.848. The van der Waals surface area contributed by atoms with E-state index in [2.05, 4.69) is 22.4 Å². The molecule has 20 heavy (non-hydrogen) atoms. The van der Waals surface area contributed by atoms with Crippen molar-refractivity contribution < 1.29 is 4.74 Å². The first kappa shape index (κ1) is 14.3. The van der Waals surface area contributed by atoms with Gasteiger partial charge in [0.15, 0.2) is 11.6 Å². The van der Waals surface area contributed by atoms with Crippen LogP contribution >= 0.6 is 0 Å². The van der Waals surface area contributed by atoms with Crippen molar-refractivity contribution in [3.63, 3.8) is 0 Å². The molecule has 0 aliphatic rings. The average molecular weight is 271 g/mol. The van der Waals surface area contributed by atoms with E-state index in [1.54, 1.807) is 6.20 Å². The largest absolute Gasteiger partial charge is 0.487 e. The van der Waals surface area contributed by atoms with Crippen LogP contribution in [0.3, 0.4) is 0 Å². The lowest BCUT2D eigenvalue weighted by Gasteiger charge is -2.14. The Hall–Kier alpha value is -2.07. The molecule has 0 radical (unpaired) electrons. The Labute approximate surface area is 120 Å². The predicted molar refractivity (Wildman–Crippen MR) is 81.7 cm³/mol. The first-order valence-corrected chi connectivity index (χ1v) is 6.82. The van der Waals surface area contributed by atoms with Gasteiger partial charge in [0.05, 0.1) is 6.10 Å². The van der Waals surface area contributed by atoms with Crippen LogP contribution in [0.2, 0.25) is 0 Å². The summed E-state index contributed by atoms with van der Waals surface area (Å²) >= 11 is 0. The van der Waals surface area contributed by atoms with Gasteiger partial charge in [-0.3, -0.25) is 0 Å². The zero-order chi connectivity index (χ0) is 14.4. The van der Waals surface area contributed by atoms with Gasteiger partial charge in [-0.15, -0.1) is 0 Å². The minimum Gasteiger partial charge on any atom is -0.487 e. The molecule has 0 unspecified atom stereocenters. The van der Waals surface area contributed by atoms with E-state index in [9.17, 15) is 0 Å². The fourth-order valence-corrected chi connectivity index (χ4v) is 1.85. The fraction of sp³-hybridized carbons (Fsp3) is 0.312. The van der Waals surface area contributed by atoms with Gasteiger partial charge in [-0.1, -0.05) is 24.3 Å². The number of nitrogens with two attached hydrogens (primary N) is 1. The minimum atomic E-state index is 0.128. The monoisotopic (exact) mass is 271 g/mol. The Morgan fingerprint density at radius 1 is 1.15 bits per heavy atom. The number of benzene rings is 1. The van der Waals surface area contributed by atoms with Crippen molar-refractivity contribution in [2.24, 2.45) is 5.73 Å². The molecule has 0 aliphatic carbocycles. The highest BCUT2D eigenvalue weighted by Crippen LogP contribution is 2.22. The van der Waals surface area contributed by atoms with Gasteiger partial charge >= 0.3 is 0 Å². The Kier molecular flexibility index (Phi) is 4.96. The number of nitrogens with one attached hydrogen (secondary N) is 1. The molecule has 0 aliphatic heterocycles. The lowest BCUT2D eigenvalue weighted by Crippen LogP contribution is -2.09. The van der Waals surface area contributed by atoms with Crippen molar-refractivity contribution >= 4 is 5.82 Å². The average Bonchev–Trinajstić information content (AvgIpc) is 2.46. The van der Waals surface area contributed by atoms with Crippen LogP contribution in [-0.4, -0.2) is 11.1 Å². The summed E-state index contributed by atoms with van der Waals surface area (Å²) in [5.41, 5.74) is 7.91. The van der Waals surface area contributed by atoms with Gasteiger partial charge in [0.25, 0.3) is 0 Å². The van der Waals surface area contributed by atoms with Gasteiger partial charge in [-0.05, 0) is 37.1 Å². The maximum atomic E-state index is 5.73. The fourth-order valence-electron chi connectivity index (χ4n) is 1.85. The summed E-state index contributed by atoms with van der Waals surface area (Å²) in [5, 5.41) is 3.31. The van der Waals surface area contributed by atoms with Crippen molar-refractivity contribution in [3.8, 4) is 5.75 Å². The Bertz CT molecular complexity index is 538. The van der Waals surface area contributed by atoms with Crippen molar-refractivity contribution in [2.75, 3.05) is 5.32 Å². The van der Waals surface area contributed by atoms with Crippen LogP contribution in [-0.2, 0) is 13.1 Å². The van der Waals surface area contributed by atoms with Crippen LogP contribution in [0.5, 0.6) is 5.75 Å². The maximum absolute atomic E-state index is 5.73. The summed E-state index contributed by atoms with van der Waals surface area (Å²) in [6.07, 6.45) is 1.89. The summed E-state index contributed by atoms with van der Waals surface area (Å²) < 4.78 is 5.73. The molecule has 0 saturated carbocycles. The molecule has 106 valence electrons. The number of hydrogen-bond acceptors (Lipinski definition) is 4. The van der Waals surface area contributed by atoms with E-state index >= 15 is 0 Å². The molecular formula is C16H21N3O. The molecule has 1 aromatic carbocycles. The highest BCUT2D eigenvalue weighted by molar-refractivity contribution is 5.49. The van der Waals surface area contributed by atoms with E-state index in [1.807, 2.05) is 38.1 Å². The first-order chi connectivity index (χ1) is 9.69. The summed E-state index contributed by atoms with van der Waals surface area (Å²) in [6, 6.07) is 12.0. The number of hydrogen-bond donors (Lipinski definition) is 2. The van der Waals surface area contributed by atoms with Gasteiger partial charge in [0.2, 0.25) is 0 Å². The molecule has 0 spiro atoms. The van der Waals surface area contributed by atoms with Crippen LogP contribution in [0.4, 0.5) is 5.82 Å². The molecule has 4 nitrogen and oxygen atoms in total. The van der Waals surface area contributed by atoms with Crippen molar-refractivity contribution in [1.29, 1.82) is 0 Å². The first-order valence-electron chi connectivity index (χ1n) is 6.82. The molecule has 3 N–H and O–H groups in total. The number of aromatic nitrogens is 1. The lowest BCUT2D eigenvalue weighted by atomic mass is 10.1. The number of pyridine rings is 1. The van der Waals surface area contributed by atoms with Crippen LogP contribution in [0.15, 0.2) is 42.6 Å². The highest BCUT2D eigenvalue weighted by Gasteiger charge is 2.06. The van der Waals surface area contributed by atoms with Gasteiger partial charge in [-0.25, -0.2) is 4.98 Å². The van der Waals surface area contributed by atoms with E-state index in [0.717, 1.165) is 17.1 Å². The molecule has 0 bridgehead atoms. The van der Waals surface area contributed by atoms with E-state index in [4.69, 9.17) is 10.5 Å². The van der Waals surface area contributed by atoms with Gasteiger partial charge in [-0.2, -0.15) is 0 Å². The van der Waals surface area contributed by atoms with Crippen molar-refractivity contribution in [2.45, 2.75) is 33.0 Å². The molecule has 2 rings (SSSR count). The smallest absolute Gasteiger partial charge is 0.169 e. The summed E-state index contributed by atoms with van der Waals surface area (Å²) in [7, 11) is 0. The van der Waals surface area contributed by atoms with E-state index < -0.39 is 0 Å². The third kappa shape index (κ3) is 3.96. The molecule has 1 aromatic heterocycles. The molecule has 2 aromatic rings. The Morgan fingerprint density at radius 3 is 2.50 bits per heavy atom. The van der Waals surface area contributed by atoms with E-state index in [-0.39, 0.29) is 6.10 Å². The number of ether oxygens (including phenoxy) is 1. The maximum Gasteiger partial charge on any atom is 0.169 e. The molecule has 1 heterocycles. The number of anilines is 1. The second kappa shape index (κ2) is 6.91. The third-order valence-corrected chi connectivity index (χ3v) is 2.85. The Morgan fingerprint density at radius 2 is 1.85 bits per heavy atom. The van der Waals surface area contributed by atoms with Gasteiger partial charge in [0, 0.05) is 19.3 Å². The van der Waals surface area contributed by atoms with E-state index in [1.165, 1.54) is 5.56 Å². The molecule has 0 atom stereocenters. The molecule has 0 fully saturated rings. The summed E-state index contributed by atoms with van der Waals surface area (Å²) in [5.74, 6) is 1.55. The zero-order valence-electron chi connectivity index (χ0n) is 12.0. The highest BCUT2D eigenvalue weighted by atomic mass is 16.5. The summed E-state index contributed by atoms with van der Waals surface area (Å²) in [4.78, 5) is 4.32. The number of rotatable bonds is 6. The molecule has 0 saturated heterocycles. The second-order valence-corrected chi connectivity index (χ2v) is 4.89. The Balaban J connectivity index is 2.02. The molecule has 0 amide bonds. The SMILES string of the molecule is CC(C)Oc1cccnc1NCc1ccc(CN)cc1. The summed E-state index contributed by atoms with van der Waals surface area (Å²) in [6.45, 7) is 5.28. The van der Waals surface area contributed by atoms with Crippen LogP contribution in [0.1, 0.15) is 25.0 Å². The van der Waals surface area contributed by atoms with Gasteiger partial charge in [0.1, 0.15) is 0 Å².